The molecule has 4 heterocycles. The Morgan fingerprint density at radius 2 is 1.77 bits per heavy atom. The molecule has 154 valence electrons. The summed E-state index contributed by atoms with van der Waals surface area (Å²) >= 11 is 1.61. The molecule has 1 fully saturated rings. The number of halogens is 1. The minimum Gasteiger partial charge on any atom is -0.337 e. The van der Waals surface area contributed by atoms with Gasteiger partial charge in [0, 0.05) is 32.4 Å². The Kier molecular flexibility index (Phi) is 4.72. The minimum absolute atomic E-state index is 0.0907. The summed E-state index contributed by atoms with van der Waals surface area (Å²) in [6.45, 7) is 1.48. The number of sulfonamides is 1. The topological polar surface area (TPSA) is 83.7 Å². The summed E-state index contributed by atoms with van der Waals surface area (Å²) in [6, 6.07) is 10.8. The molecule has 4 aromatic rings. The Morgan fingerprint density at radius 3 is 2.47 bits per heavy atom. The van der Waals surface area contributed by atoms with Gasteiger partial charge < -0.3 is 4.90 Å². The number of hydrogen-bond donors (Lipinski definition) is 0. The lowest BCUT2D eigenvalue weighted by Gasteiger charge is -2.33. The number of anilines is 1. The molecule has 11 heteroatoms. The number of piperazine rings is 1. The third-order valence-electron chi connectivity index (χ3n) is 4.98. The molecule has 30 heavy (non-hydrogen) atoms. The maximum atomic E-state index is 13.1. The highest BCUT2D eigenvalue weighted by atomic mass is 32.2. The van der Waals surface area contributed by atoms with Crippen LogP contribution in [0.15, 0.2) is 58.9 Å². The third kappa shape index (κ3) is 3.34. The normalized spacial score (nSPS) is 15.7. The zero-order valence-electron chi connectivity index (χ0n) is 15.7. The summed E-state index contributed by atoms with van der Waals surface area (Å²) in [4.78, 5) is 11.9. The van der Waals surface area contributed by atoms with E-state index in [-0.39, 0.29) is 4.90 Å². The van der Waals surface area contributed by atoms with Crippen molar-refractivity contribution in [2.24, 2.45) is 0 Å². The van der Waals surface area contributed by atoms with Crippen LogP contribution in [0.5, 0.6) is 0 Å². The summed E-state index contributed by atoms with van der Waals surface area (Å²) in [5.41, 5.74) is 0.909. The van der Waals surface area contributed by atoms with Crippen molar-refractivity contribution >= 4 is 33.1 Å². The van der Waals surface area contributed by atoms with Gasteiger partial charge in [0.2, 0.25) is 16.0 Å². The van der Waals surface area contributed by atoms with Gasteiger partial charge in [0.1, 0.15) is 5.82 Å². The molecule has 1 aliphatic heterocycles. The van der Waals surface area contributed by atoms with E-state index in [1.54, 1.807) is 22.0 Å². The Morgan fingerprint density at radius 1 is 1.00 bits per heavy atom. The monoisotopic (exact) mass is 444 g/mol. The van der Waals surface area contributed by atoms with Gasteiger partial charge in [-0.3, -0.25) is 0 Å². The predicted molar refractivity (Wildman–Crippen MR) is 111 cm³/mol. The fraction of sp³-hybridized carbons (Fsp3) is 0.211. The van der Waals surface area contributed by atoms with Gasteiger partial charge in [-0.2, -0.15) is 13.8 Å². The van der Waals surface area contributed by atoms with Gasteiger partial charge in [0.05, 0.1) is 15.5 Å². The summed E-state index contributed by atoms with van der Waals surface area (Å²) in [7, 11) is -3.66. The summed E-state index contributed by atoms with van der Waals surface area (Å²) in [5, 5.41) is 6.61. The number of benzene rings is 1. The SMILES string of the molecule is O=S(=O)(c1ccc(F)cc1)N1CCN(c2nc3nccc(-c4cccs4)n3n2)CC1. The van der Waals surface area contributed by atoms with E-state index in [1.807, 2.05) is 28.5 Å². The highest BCUT2D eigenvalue weighted by Gasteiger charge is 2.30. The van der Waals surface area contributed by atoms with Gasteiger partial charge in [-0.25, -0.2) is 17.8 Å². The molecule has 0 aliphatic carbocycles. The van der Waals surface area contributed by atoms with Crippen molar-refractivity contribution in [2.45, 2.75) is 4.90 Å². The lowest BCUT2D eigenvalue weighted by Crippen LogP contribution is -2.49. The number of rotatable bonds is 4. The summed E-state index contributed by atoms with van der Waals surface area (Å²) in [5.74, 6) is 0.551. The van der Waals surface area contributed by atoms with E-state index in [0.29, 0.717) is 37.9 Å². The fourth-order valence-corrected chi connectivity index (χ4v) is 5.57. The summed E-state index contributed by atoms with van der Waals surface area (Å²) in [6.07, 6.45) is 1.70. The van der Waals surface area contributed by atoms with Gasteiger partial charge in [-0.15, -0.1) is 16.4 Å². The molecule has 0 spiro atoms. The lowest BCUT2D eigenvalue weighted by atomic mass is 10.3. The van der Waals surface area contributed by atoms with Gasteiger partial charge >= 0.3 is 0 Å². The largest absolute Gasteiger partial charge is 0.337 e. The van der Waals surface area contributed by atoms with Crippen LogP contribution in [0, 0.1) is 5.82 Å². The van der Waals surface area contributed by atoms with E-state index in [9.17, 15) is 12.8 Å². The minimum atomic E-state index is -3.66. The van der Waals surface area contributed by atoms with Gasteiger partial charge in [0.15, 0.2) is 0 Å². The lowest BCUT2D eigenvalue weighted by molar-refractivity contribution is 0.382. The van der Waals surface area contributed by atoms with Crippen molar-refractivity contribution in [3.8, 4) is 10.6 Å². The quantitative estimate of drug-likeness (QED) is 0.481. The molecule has 3 aromatic heterocycles. The van der Waals surface area contributed by atoms with Crippen molar-refractivity contribution in [3.05, 3.63) is 59.9 Å². The fourth-order valence-electron chi connectivity index (χ4n) is 3.41. The van der Waals surface area contributed by atoms with E-state index in [1.165, 1.54) is 16.4 Å². The first kappa shape index (κ1) is 19.1. The van der Waals surface area contributed by atoms with Crippen molar-refractivity contribution in [2.75, 3.05) is 31.1 Å². The van der Waals surface area contributed by atoms with E-state index >= 15 is 0 Å². The third-order valence-corrected chi connectivity index (χ3v) is 7.78. The van der Waals surface area contributed by atoms with Gasteiger partial charge in [0.25, 0.3) is 5.78 Å². The highest BCUT2D eigenvalue weighted by Crippen LogP contribution is 2.25. The smallest absolute Gasteiger partial charge is 0.254 e. The molecule has 0 N–H and O–H groups in total. The van der Waals surface area contributed by atoms with Crippen molar-refractivity contribution in [1.29, 1.82) is 0 Å². The Balaban J connectivity index is 1.36. The van der Waals surface area contributed by atoms with E-state index in [2.05, 4.69) is 15.1 Å². The van der Waals surface area contributed by atoms with E-state index < -0.39 is 15.8 Å². The Bertz CT molecular complexity index is 1280. The zero-order chi connectivity index (χ0) is 20.7. The van der Waals surface area contributed by atoms with Crippen LogP contribution in [-0.4, -0.2) is 58.5 Å². The predicted octanol–water partition coefficient (Wildman–Crippen LogP) is 2.50. The second-order valence-electron chi connectivity index (χ2n) is 6.78. The van der Waals surface area contributed by atoms with E-state index in [0.717, 1.165) is 22.7 Å². The second-order valence-corrected chi connectivity index (χ2v) is 9.66. The van der Waals surface area contributed by atoms with Crippen LogP contribution in [0.25, 0.3) is 16.3 Å². The molecule has 1 aromatic carbocycles. The molecule has 5 rings (SSSR count). The Labute approximate surface area is 176 Å². The van der Waals surface area contributed by atoms with Crippen LogP contribution in [0.1, 0.15) is 0 Å². The van der Waals surface area contributed by atoms with Crippen molar-refractivity contribution in [1.82, 2.24) is 23.9 Å². The maximum Gasteiger partial charge on any atom is 0.254 e. The number of thiophene rings is 1. The number of nitrogens with zero attached hydrogens (tertiary/aromatic N) is 6. The first-order valence-electron chi connectivity index (χ1n) is 9.29. The maximum absolute atomic E-state index is 13.1. The zero-order valence-corrected chi connectivity index (χ0v) is 17.4. The highest BCUT2D eigenvalue weighted by molar-refractivity contribution is 7.89. The van der Waals surface area contributed by atoms with Crippen LogP contribution < -0.4 is 4.90 Å². The Hall–Kier alpha value is -2.89. The van der Waals surface area contributed by atoms with Crippen LogP contribution in [0.4, 0.5) is 10.3 Å². The molecule has 0 saturated carbocycles. The summed E-state index contributed by atoms with van der Waals surface area (Å²) < 4.78 is 41.8. The average Bonchev–Trinajstić information content (AvgIpc) is 3.44. The van der Waals surface area contributed by atoms with Crippen LogP contribution >= 0.6 is 11.3 Å². The number of aromatic nitrogens is 4. The van der Waals surface area contributed by atoms with Crippen LogP contribution in [0.3, 0.4) is 0 Å². The molecule has 1 aliphatic rings. The first-order valence-corrected chi connectivity index (χ1v) is 11.6. The molecular weight excluding hydrogens is 427 g/mol. The molecule has 0 radical (unpaired) electrons. The van der Waals surface area contributed by atoms with Crippen LogP contribution in [0.2, 0.25) is 0 Å². The second kappa shape index (κ2) is 7.42. The molecule has 0 bridgehead atoms. The standard InChI is InChI=1S/C19H17FN6O2S2/c20-14-3-5-15(6-4-14)30(27,28)25-11-9-24(10-12-25)19-22-18-21-8-7-16(26(18)23-19)17-2-1-13-29-17/h1-8,13H,9-12H2. The van der Waals surface area contributed by atoms with E-state index in [4.69, 9.17) is 0 Å². The van der Waals surface area contributed by atoms with Crippen molar-refractivity contribution in [3.63, 3.8) is 0 Å². The van der Waals surface area contributed by atoms with Gasteiger partial charge in [-0.05, 0) is 41.8 Å². The molecule has 0 atom stereocenters. The molecule has 0 unspecified atom stereocenters. The molecule has 8 nitrogen and oxygen atoms in total. The van der Waals surface area contributed by atoms with Crippen molar-refractivity contribution < 1.29 is 12.8 Å². The number of hydrogen-bond acceptors (Lipinski definition) is 7. The van der Waals surface area contributed by atoms with Crippen LogP contribution in [-0.2, 0) is 10.0 Å². The first-order chi connectivity index (χ1) is 14.5. The van der Waals surface area contributed by atoms with Gasteiger partial charge in [-0.1, -0.05) is 6.07 Å². The molecular formula is C19H17FN6O2S2. The average molecular weight is 445 g/mol. The molecule has 1 saturated heterocycles. The molecule has 0 amide bonds. The number of fused-ring (bicyclic) bond motifs is 1.